The maximum Gasteiger partial charge on any atom is 0.314 e. The van der Waals surface area contributed by atoms with Crippen molar-refractivity contribution in [3.8, 4) is 5.75 Å². The van der Waals surface area contributed by atoms with Crippen LogP contribution in [-0.4, -0.2) is 52.4 Å². The van der Waals surface area contributed by atoms with Crippen LogP contribution in [0.25, 0.3) is 0 Å². The van der Waals surface area contributed by atoms with Gasteiger partial charge in [0, 0.05) is 31.7 Å². The van der Waals surface area contributed by atoms with Gasteiger partial charge in [-0.2, -0.15) is 0 Å². The molecule has 2 aromatic carbocycles. The molecule has 1 aliphatic rings. The smallest absolute Gasteiger partial charge is 0.314 e. The van der Waals surface area contributed by atoms with E-state index in [1.54, 1.807) is 17.0 Å². The predicted octanol–water partition coefficient (Wildman–Crippen LogP) is 3.47. The summed E-state index contributed by atoms with van der Waals surface area (Å²) >= 11 is 5.82. The van der Waals surface area contributed by atoms with E-state index in [1.807, 2.05) is 13.8 Å². The van der Waals surface area contributed by atoms with Gasteiger partial charge in [-0.1, -0.05) is 23.7 Å². The van der Waals surface area contributed by atoms with Gasteiger partial charge in [0.25, 0.3) is 5.91 Å². The number of nitro benzene ring substituents is 1. The highest BCUT2D eigenvalue weighted by Crippen LogP contribution is 2.37. The molecular formula is C21H24ClFN4O4. The molecule has 0 spiro atoms. The molecule has 0 radical (unpaired) electrons. The van der Waals surface area contributed by atoms with Gasteiger partial charge in [0.2, 0.25) is 0 Å². The van der Waals surface area contributed by atoms with Gasteiger partial charge in [0.1, 0.15) is 16.6 Å². The van der Waals surface area contributed by atoms with Gasteiger partial charge in [-0.3, -0.25) is 19.8 Å². The Morgan fingerprint density at radius 1 is 1.23 bits per heavy atom. The number of nitrogens with two attached hydrogens (primary N) is 1. The van der Waals surface area contributed by atoms with Crippen LogP contribution in [0.5, 0.6) is 5.75 Å². The summed E-state index contributed by atoms with van der Waals surface area (Å²) in [7, 11) is 0. The summed E-state index contributed by atoms with van der Waals surface area (Å²) in [5.74, 6) is -0.467. The van der Waals surface area contributed by atoms with E-state index in [9.17, 15) is 19.3 Å². The van der Waals surface area contributed by atoms with E-state index >= 15 is 0 Å². The first-order valence-electron chi connectivity index (χ1n) is 9.80. The molecule has 8 nitrogen and oxygen atoms in total. The summed E-state index contributed by atoms with van der Waals surface area (Å²) in [5.41, 5.74) is 6.14. The Balaban J connectivity index is 1.61. The summed E-state index contributed by atoms with van der Waals surface area (Å²) in [6, 6.07) is 9.14. The van der Waals surface area contributed by atoms with Gasteiger partial charge >= 0.3 is 5.69 Å². The molecule has 2 aromatic rings. The van der Waals surface area contributed by atoms with Crippen molar-refractivity contribution >= 4 is 28.9 Å². The summed E-state index contributed by atoms with van der Waals surface area (Å²) < 4.78 is 18.6. The molecule has 1 fully saturated rings. The van der Waals surface area contributed by atoms with E-state index in [0.717, 1.165) is 5.56 Å². The average Bonchev–Trinajstić information content (AvgIpc) is 2.71. The first-order valence-corrected chi connectivity index (χ1v) is 10.2. The van der Waals surface area contributed by atoms with Gasteiger partial charge in [-0.25, -0.2) is 4.39 Å². The van der Waals surface area contributed by atoms with E-state index in [-0.39, 0.29) is 46.9 Å². The van der Waals surface area contributed by atoms with Crippen molar-refractivity contribution < 1.29 is 18.8 Å². The molecule has 0 aromatic heterocycles. The van der Waals surface area contributed by atoms with Crippen molar-refractivity contribution in [2.24, 2.45) is 0 Å². The van der Waals surface area contributed by atoms with Crippen LogP contribution in [0, 0.1) is 15.9 Å². The first kappa shape index (κ1) is 22.8. The van der Waals surface area contributed by atoms with Crippen LogP contribution in [0.1, 0.15) is 19.4 Å². The van der Waals surface area contributed by atoms with E-state index in [4.69, 9.17) is 22.1 Å². The number of nitrogens with zero attached hydrogens (tertiary/aromatic N) is 3. The highest BCUT2D eigenvalue weighted by Gasteiger charge is 2.32. The number of halogens is 2. The summed E-state index contributed by atoms with van der Waals surface area (Å²) in [6.45, 7) is 5.49. The third kappa shape index (κ3) is 5.23. The monoisotopic (exact) mass is 450 g/mol. The van der Waals surface area contributed by atoms with Crippen molar-refractivity contribution in [2.45, 2.75) is 32.5 Å². The quantitative estimate of drug-likeness (QED) is 0.410. The standard InChI is InChI=1S/C21H24ClFN4O4/c1-13-10-26(14(2)9-25(13)11-15-3-5-16(23)6-4-15)19(28)12-31-18-8-7-17(22)21(20(18)24)27(29)30/h3-8,13-14H,9-12,24H2,1-2H3/t13-,14+/m0/s1. The van der Waals surface area contributed by atoms with Crippen molar-refractivity contribution in [3.05, 3.63) is 62.9 Å². The molecule has 1 saturated heterocycles. The zero-order chi connectivity index (χ0) is 22.7. The summed E-state index contributed by atoms with van der Waals surface area (Å²) in [4.78, 5) is 27.2. The van der Waals surface area contributed by atoms with Crippen molar-refractivity contribution in [1.82, 2.24) is 9.80 Å². The van der Waals surface area contributed by atoms with Crippen LogP contribution < -0.4 is 10.5 Å². The minimum absolute atomic E-state index is 0.0418. The number of piperazine rings is 1. The number of nitrogen functional groups attached to an aromatic ring is 1. The number of anilines is 1. The number of carbonyl (C=O) groups excluding carboxylic acids is 1. The SMILES string of the molecule is C[C@@H]1CN(Cc2ccc(F)cc2)[C@@H](C)CN1C(=O)COc1ccc(Cl)c([N+](=O)[O-])c1N. The van der Waals surface area contributed by atoms with Crippen LogP contribution in [0.15, 0.2) is 36.4 Å². The number of carbonyl (C=O) groups is 1. The van der Waals surface area contributed by atoms with E-state index in [1.165, 1.54) is 24.3 Å². The molecule has 166 valence electrons. The Hall–Kier alpha value is -2.91. The van der Waals surface area contributed by atoms with E-state index in [2.05, 4.69) is 4.90 Å². The number of rotatable bonds is 6. The normalized spacial score (nSPS) is 19.3. The molecule has 2 atom stereocenters. The second kappa shape index (κ2) is 9.49. The van der Waals surface area contributed by atoms with Gasteiger partial charge in [0.15, 0.2) is 12.3 Å². The largest absolute Gasteiger partial charge is 0.481 e. The zero-order valence-corrected chi connectivity index (χ0v) is 18.0. The summed E-state index contributed by atoms with van der Waals surface area (Å²) in [6.07, 6.45) is 0. The maximum atomic E-state index is 13.1. The second-order valence-corrected chi connectivity index (χ2v) is 8.06. The molecule has 1 amide bonds. The lowest BCUT2D eigenvalue weighted by Crippen LogP contribution is -2.58. The molecule has 1 aliphatic heterocycles. The minimum Gasteiger partial charge on any atom is -0.481 e. The molecule has 2 N–H and O–H groups in total. The molecular weight excluding hydrogens is 427 g/mol. The fourth-order valence-corrected chi connectivity index (χ4v) is 3.92. The van der Waals surface area contributed by atoms with E-state index in [0.29, 0.717) is 19.6 Å². The number of amides is 1. The van der Waals surface area contributed by atoms with Crippen molar-refractivity contribution in [3.63, 3.8) is 0 Å². The Labute approximate surface area is 184 Å². The highest BCUT2D eigenvalue weighted by atomic mass is 35.5. The van der Waals surface area contributed by atoms with Crippen molar-refractivity contribution in [2.75, 3.05) is 25.4 Å². The van der Waals surface area contributed by atoms with E-state index < -0.39 is 10.6 Å². The lowest BCUT2D eigenvalue weighted by Gasteiger charge is -2.44. The van der Waals surface area contributed by atoms with Gasteiger partial charge in [-0.05, 0) is 43.7 Å². The third-order valence-corrected chi connectivity index (χ3v) is 5.70. The van der Waals surface area contributed by atoms with Crippen LogP contribution in [0.4, 0.5) is 15.8 Å². The fourth-order valence-electron chi connectivity index (χ4n) is 3.69. The number of hydrogen-bond donors (Lipinski definition) is 1. The molecule has 31 heavy (non-hydrogen) atoms. The second-order valence-electron chi connectivity index (χ2n) is 7.65. The number of hydrogen-bond acceptors (Lipinski definition) is 6. The van der Waals surface area contributed by atoms with Crippen LogP contribution >= 0.6 is 11.6 Å². The third-order valence-electron chi connectivity index (χ3n) is 5.40. The highest BCUT2D eigenvalue weighted by molar-refractivity contribution is 6.33. The fraction of sp³-hybridized carbons (Fsp3) is 0.381. The molecule has 3 rings (SSSR count). The molecule has 1 heterocycles. The van der Waals surface area contributed by atoms with Gasteiger partial charge < -0.3 is 15.4 Å². The summed E-state index contributed by atoms with van der Waals surface area (Å²) in [5, 5.41) is 11.0. The molecule has 0 aliphatic carbocycles. The predicted molar refractivity (Wildman–Crippen MR) is 115 cm³/mol. The topological polar surface area (TPSA) is 102 Å². The van der Waals surface area contributed by atoms with Gasteiger partial charge in [0.05, 0.1) is 4.92 Å². The number of nitro groups is 1. The molecule has 0 bridgehead atoms. The lowest BCUT2D eigenvalue weighted by atomic mass is 10.1. The molecule has 0 unspecified atom stereocenters. The molecule has 10 heteroatoms. The van der Waals surface area contributed by atoms with Crippen LogP contribution in [0.3, 0.4) is 0 Å². The molecule has 0 saturated carbocycles. The number of ether oxygens (including phenoxy) is 1. The Morgan fingerprint density at radius 2 is 1.90 bits per heavy atom. The Morgan fingerprint density at radius 3 is 2.55 bits per heavy atom. The average molecular weight is 451 g/mol. The minimum atomic E-state index is -0.684. The van der Waals surface area contributed by atoms with Crippen molar-refractivity contribution in [1.29, 1.82) is 0 Å². The van der Waals surface area contributed by atoms with Crippen LogP contribution in [-0.2, 0) is 11.3 Å². The van der Waals surface area contributed by atoms with Crippen LogP contribution in [0.2, 0.25) is 5.02 Å². The maximum absolute atomic E-state index is 13.1. The Bertz CT molecular complexity index is 973. The number of benzene rings is 2. The Kier molecular flexibility index (Phi) is 6.97. The zero-order valence-electron chi connectivity index (χ0n) is 17.3. The van der Waals surface area contributed by atoms with Gasteiger partial charge in [-0.15, -0.1) is 0 Å². The lowest BCUT2D eigenvalue weighted by molar-refractivity contribution is -0.383. The first-order chi connectivity index (χ1) is 14.7.